The summed E-state index contributed by atoms with van der Waals surface area (Å²) in [4.78, 5) is 34.7. The highest BCUT2D eigenvalue weighted by Gasteiger charge is 2.79. The van der Waals surface area contributed by atoms with Crippen molar-refractivity contribution in [3.8, 4) is 0 Å². The average molecular weight is 675 g/mol. The molecule has 2 saturated heterocycles. The molecule has 8 atom stereocenters. The number of nitrogens with zero attached hydrogens (tertiary/aromatic N) is 2. The van der Waals surface area contributed by atoms with Crippen molar-refractivity contribution in [2.24, 2.45) is 28.1 Å². The molecule has 2 heterocycles. The first-order chi connectivity index (χ1) is 22.8. The van der Waals surface area contributed by atoms with Crippen molar-refractivity contribution in [1.29, 1.82) is 0 Å². The number of carboxylic acids is 2. The Bertz CT molecular complexity index is 1470. The standard InChI is InChI=1S/C43H66N2O4/c1-13-37(6)29-34(31(5)39(8,15-3)44(37)11)43(35(46)47,36(48)49)42(28-33-25-21-18-22-26-33)30-38(7,14-2)45(12)41(10,16-4)40(42,9)27-32-23-19-17-20-24-32/h17-26,31,34H,13-16,27-30H2,1-12H3,(H,46,47)(H,48,49). The lowest BCUT2D eigenvalue weighted by Gasteiger charge is -2.74. The zero-order valence-electron chi connectivity index (χ0n) is 32.7. The number of benzene rings is 2. The van der Waals surface area contributed by atoms with Crippen molar-refractivity contribution < 1.29 is 19.8 Å². The molecule has 2 fully saturated rings. The van der Waals surface area contributed by atoms with Gasteiger partial charge < -0.3 is 10.2 Å². The van der Waals surface area contributed by atoms with Gasteiger partial charge in [0, 0.05) is 27.6 Å². The van der Waals surface area contributed by atoms with E-state index in [2.05, 4.69) is 117 Å². The van der Waals surface area contributed by atoms with E-state index in [0.29, 0.717) is 25.7 Å². The van der Waals surface area contributed by atoms with Gasteiger partial charge in [-0.3, -0.25) is 19.4 Å². The molecule has 6 heteroatoms. The van der Waals surface area contributed by atoms with E-state index >= 15 is 0 Å². The first-order valence-electron chi connectivity index (χ1n) is 18.8. The summed E-state index contributed by atoms with van der Waals surface area (Å²) in [6, 6.07) is 20.5. The van der Waals surface area contributed by atoms with Crippen LogP contribution in [0.25, 0.3) is 0 Å². The summed E-state index contributed by atoms with van der Waals surface area (Å²) >= 11 is 0. The Hall–Kier alpha value is -2.70. The van der Waals surface area contributed by atoms with Crippen LogP contribution in [0.1, 0.15) is 119 Å². The van der Waals surface area contributed by atoms with E-state index in [-0.39, 0.29) is 11.5 Å². The van der Waals surface area contributed by atoms with Crippen molar-refractivity contribution in [1.82, 2.24) is 9.80 Å². The van der Waals surface area contributed by atoms with Gasteiger partial charge in [-0.25, -0.2) is 0 Å². The van der Waals surface area contributed by atoms with E-state index in [0.717, 1.165) is 36.8 Å². The third-order valence-corrected chi connectivity index (χ3v) is 16.0. The van der Waals surface area contributed by atoms with Crippen LogP contribution in [0.4, 0.5) is 0 Å². The second-order valence-corrected chi connectivity index (χ2v) is 17.1. The Morgan fingerprint density at radius 1 is 0.714 bits per heavy atom. The lowest BCUT2D eigenvalue weighted by atomic mass is 9.34. The molecular weight excluding hydrogens is 608 g/mol. The quantitative estimate of drug-likeness (QED) is 0.219. The van der Waals surface area contributed by atoms with Crippen LogP contribution >= 0.6 is 0 Å². The van der Waals surface area contributed by atoms with E-state index in [9.17, 15) is 19.8 Å². The molecule has 4 rings (SSSR count). The molecule has 2 aliphatic rings. The minimum atomic E-state index is -2.10. The van der Waals surface area contributed by atoms with Crippen LogP contribution in [-0.4, -0.2) is 68.2 Å². The summed E-state index contributed by atoms with van der Waals surface area (Å²) in [5, 5.41) is 24.3. The highest BCUT2D eigenvalue weighted by atomic mass is 16.4. The molecule has 0 amide bonds. The Balaban J connectivity index is 2.29. The summed E-state index contributed by atoms with van der Waals surface area (Å²) in [5.74, 6) is -3.20. The molecule has 0 radical (unpaired) electrons. The first kappa shape index (κ1) is 39.1. The highest BCUT2D eigenvalue weighted by molar-refractivity contribution is 6.00. The van der Waals surface area contributed by atoms with Crippen molar-refractivity contribution in [2.75, 3.05) is 14.1 Å². The van der Waals surface area contributed by atoms with Crippen molar-refractivity contribution >= 4 is 11.9 Å². The number of likely N-dealkylation sites (tertiary alicyclic amines) is 2. The smallest absolute Gasteiger partial charge is 0.321 e. The molecule has 0 aliphatic carbocycles. The molecule has 2 aromatic rings. The maximum absolute atomic E-state index is 14.9. The third-order valence-electron chi connectivity index (χ3n) is 16.0. The molecule has 272 valence electrons. The highest BCUT2D eigenvalue weighted by Crippen LogP contribution is 2.73. The molecule has 2 aromatic carbocycles. The van der Waals surface area contributed by atoms with Crippen LogP contribution in [0.5, 0.6) is 0 Å². The first-order valence-corrected chi connectivity index (χ1v) is 18.8. The molecule has 0 saturated carbocycles. The van der Waals surface area contributed by atoms with Crippen LogP contribution in [0.2, 0.25) is 0 Å². The predicted molar refractivity (Wildman–Crippen MR) is 201 cm³/mol. The number of hydrogen-bond donors (Lipinski definition) is 2. The Morgan fingerprint density at radius 2 is 1.18 bits per heavy atom. The minimum Gasteiger partial charge on any atom is -0.480 e. The van der Waals surface area contributed by atoms with Crippen LogP contribution in [-0.2, 0) is 22.4 Å². The van der Waals surface area contributed by atoms with Gasteiger partial charge >= 0.3 is 11.9 Å². The fourth-order valence-corrected chi connectivity index (χ4v) is 11.5. The van der Waals surface area contributed by atoms with Gasteiger partial charge in [0.15, 0.2) is 5.41 Å². The lowest BCUT2D eigenvalue weighted by Crippen LogP contribution is -2.81. The zero-order valence-corrected chi connectivity index (χ0v) is 32.7. The van der Waals surface area contributed by atoms with Crippen LogP contribution < -0.4 is 0 Å². The Labute approximate surface area is 297 Å². The minimum absolute atomic E-state index is 0.205. The fraction of sp³-hybridized carbons (Fsp3) is 0.674. The van der Waals surface area contributed by atoms with Gasteiger partial charge in [-0.1, -0.05) is 102 Å². The molecule has 2 aliphatic heterocycles. The molecule has 0 bridgehead atoms. The number of hydrogen-bond acceptors (Lipinski definition) is 4. The van der Waals surface area contributed by atoms with Crippen molar-refractivity contribution in [3.05, 3.63) is 71.8 Å². The van der Waals surface area contributed by atoms with E-state index in [4.69, 9.17) is 0 Å². The van der Waals surface area contributed by atoms with Gasteiger partial charge in [0.1, 0.15) is 0 Å². The van der Waals surface area contributed by atoms with E-state index in [1.165, 1.54) is 0 Å². The molecular formula is C43H66N2O4. The molecule has 0 spiro atoms. The molecule has 0 aromatic heterocycles. The second-order valence-electron chi connectivity index (χ2n) is 17.1. The van der Waals surface area contributed by atoms with Crippen LogP contribution in [0, 0.1) is 28.1 Å². The number of rotatable bonds is 12. The Kier molecular flexibility index (Phi) is 10.7. The maximum Gasteiger partial charge on any atom is 0.321 e. The SMILES string of the molecule is CCC1(C)CC(C(C(=O)O)(C(=O)O)C2(Cc3ccccc3)CC(C)(CC)N(C)C(C)(CC)C2(C)Cc2ccccc2)C(C)C(C)(CC)N1C. The lowest BCUT2D eigenvalue weighted by molar-refractivity contribution is -0.267. The number of carbonyl (C=O) groups is 2. The normalized spacial score (nSPS) is 37.6. The maximum atomic E-state index is 14.9. The molecule has 8 unspecified atom stereocenters. The van der Waals surface area contributed by atoms with Gasteiger partial charge in [0.05, 0.1) is 0 Å². The summed E-state index contributed by atoms with van der Waals surface area (Å²) in [5.41, 5.74) is -3.78. The van der Waals surface area contributed by atoms with Gasteiger partial charge in [-0.2, -0.15) is 0 Å². The number of carboxylic acid groups (broad SMARTS) is 2. The second kappa shape index (κ2) is 13.5. The van der Waals surface area contributed by atoms with Gasteiger partial charge in [0.25, 0.3) is 0 Å². The van der Waals surface area contributed by atoms with E-state index in [1.54, 1.807) is 0 Å². The van der Waals surface area contributed by atoms with E-state index < -0.39 is 50.7 Å². The van der Waals surface area contributed by atoms with Crippen LogP contribution in [0.3, 0.4) is 0 Å². The van der Waals surface area contributed by atoms with Gasteiger partial charge in [-0.05, 0) is 122 Å². The zero-order chi connectivity index (χ0) is 36.8. The summed E-state index contributed by atoms with van der Waals surface area (Å²) in [6.45, 7) is 22.1. The molecule has 2 N–H and O–H groups in total. The molecule has 6 nitrogen and oxygen atoms in total. The average Bonchev–Trinajstić information content (AvgIpc) is 3.08. The van der Waals surface area contributed by atoms with Crippen molar-refractivity contribution in [3.63, 3.8) is 0 Å². The van der Waals surface area contributed by atoms with Crippen molar-refractivity contribution in [2.45, 2.75) is 143 Å². The molecule has 49 heavy (non-hydrogen) atoms. The van der Waals surface area contributed by atoms with Gasteiger partial charge in [-0.15, -0.1) is 0 Å². The predicted octanol–water partition coefficient (Wildman–Crippen LogP) is 9.22. The number of aliphatic carboxylic acids is 2. The van der Waals surface area contributed by atoms with Crippen LogP contribution in [0.15, 0.2) is 60.7 Å². The number of piperidine rings is 2. The summed E-state index contributed by atoms with van der Waals surface area (Å²) in [7, 11) is 4.37. The summed E-state index contributed by atoms with van der Waals surface area (Å²) in [6.07, 6.45) is 4.98. The summed E-state index contributed by atoms with van der Waals surface area (Å²) < 4.78 is 0. The monoisotopic (exact) mass is 675 g/mol. The topological polar surface area (TPSA) is 81.1 Å². The third kappa shape index (κ3) is 5.41. The van der Waals surface area contributed by atoms with E-state index in [1.807, 2.05) is 36.4 Å². The fourth-order valence-electron chi connectivity index (χ4n) is 11.5. The van der Waals surface area contributed by atoms with Gasteiger partial charge in [0.2, 0.25) is 0 Å². The largest absolute Gasteiger partial charge is 0.480 e. The Morgan fingerprint density at radius 3 is 1.59 bits per heavy atom.